The number of hydrogen-bond donors (Lipinski definition) is 4. The van der Waals surface area contributed by atoms with Gasteiger partial charge in [-0.15, -0.1) is 5.10 Å². The van der Waals surface area contributed by atoms with Crippen LogP contribution in [-0.2, 0) is 17.8 Å². The number of anilines is 3. The Balaban J connectivity index is 0.000000548. The van der Waals surface area contributed by atoms with Gasteiger partial charge in [-0.1, -0.05) is 18.2 Å². The summed E-state index contributed by atoms with van der Waals surface area (Å²) in [7, 11) is 1.83. The van der Waals surface area contributed by atoms with Crippen LogP contribution in [0.25, 0.3) is 16.9 Å². The van der Waals surface area contributed by atoms with Crippen LogP contribution in [0.3, 0.4) is 0 Å². The third-order valence-electron chi connectivity index (χ3n) is 10.6. The number of carbonyl (C=O) groups is 2. The summed E-state index contributed by atoms with van der Waals surface area (Å²) in [6.45, 7) is 6.38. The third-order valence-corrected chi connectivity index (χ3v) is 10.6. The predicted molar refractivity (Wildman–Crippen MR) is 186 cm³/mol. The van der Waals surface area contributed by atoms with Gasteiger partial charge >= 0.3 is 12.1 Å². The molecule has 0 radical (unpaired) electrons. The van der Waals surface area contributed by atoms with E-state index in [1.165, 1.54) is 69.2 Å². The fraction of sp³-hybridized carbons (Fsp3) is 0.472. The number of carboxylic acids is 1. The summed E-state index contributed by atoms with van der Waals surface area (Å²) in [5.41, 5.74) is 7.84. The van der Waals surface area contributed by atoms with Gasteiger partial charge < -0.3 is 26.0 Å². The average Bonchev–Trinajstić information content (AvgIpc) is 3.47. The summed E-state index contributed by atoms with van der Waals surface area (Å²) in [5.74, 6) is -2.42. The lowest BCUT2D eigenvalue weighted by Crippen LogP contribution is -2.45. The van der Waals surface area contributed by atoms with Gasteiger partial charge in [0.2, 0.25) is 0 Å². The minimum Gasteiger partial charge on any atom is -0.475 e. The van der Waals surface area contributed by atoms with Crippen LogP contribution in [0.4, 0.5) is 34.8 Å². The molecule has 2 saturated heterocycles. The van der Waals surface area contributed by atoms with E-state index in [0.717, 1.165) is 42.1 Å². The second-order valence-corrected chi connectivity index (χ2v) is 14.0. The Morgan fingerprint density at radius 1 is 1.04 bits per heavy atom. The first-order valence-electron chi connectivity index (χ1n) is 17.5. The summed E-state index contributed by atoms with van der Waals surface area (Å²) < 4.78 is 46.8. The highest BCUT2D eigenvalue weighted by atomic mass is 19.4. The van der Waals surface area contributed by atoms with E-state index in [2.05, 4.69) is 61.1 Å². The van der Waals surface area contributed by atoms with Crippen LogP contribution in [0.5, 0.6) is 0 Å². The van der Waals surface area contributed by atoms with E-state index >= 15 is 0 Å². The number of likely N-dealkylation sites (tertiary alicyclic amines) is 1. The minimum atomic E-state index is -5.08. The number of aromatic nitrogens is 4. The molecule has 3 aromatic heterocycles. The predicted octanol–water partition coefficient (Wildman–Crippen LogP) is 4.97. The van der Waals surface area contributed by atoms with Crippen molar-refractivity contribution in [2.24, 2.45) is 5.41 Å². The Kier molecular flexibility index (Phi) is 9.78. The maximum absolute atomic E-state index is 13.5. The van der Waals surface area contributed by atoms with Crippen molar-refractivity contribution in [2.75, 3.05) is 50.0 Å². The number of fused-ring (bicyclic) bond motifs is 2. The number of nitrogens with one attached hydrogen (secondary N) is 3. The van der Waals surface area contributed by atoms with Gasteiger partial charge in [0.05, 0.1) is 23.6 Å². The highest BCUT2D eigenvalue weighted by molar-refractivity contribution is 5.94. The number of carboxylic acid groups (broad SMARTS) is 1. The molecule has 1 spiro atoms. The van der Waals surface area contributed by atoms with Gasteiger partial charge in [0, 0.05) is 50.1 Å². The SMILES string of the molecule is CNc1cc(N2CCc3c(-c4ccc(CN5CCC6(CCNCC6)CC5)cn4)cccc32)nn2c(C(=O)N[C@@H]3C[C@@H]3F)cnc12.O=C(O)C(F)(F)F. The number of rotatable bonds is 7. The summed E-state index contributed by atoms with van der Waals surface area (Å²) in [6.07, 6.45) is 3.94. The molecule has 1 saturated carbocycles. The lowest BCUT2D eigenvalue weighted by atomic mass is 9.71. The molecule has 1 aliphatic carbocycles. The second-order valence-electron chi connectivity index (χ2n) is 14.0. The van der Waals surface area contributed by atoms with Crippen LogP contribution in [0.15, 0.2) is 48.8 Å². The normalized spacial score (nSPS) is 21.0. The number of pyridine rings is 1. The summed E-state index contributed by atoms with van der Waals surface area (Å²) >= 11 is 0. The minimum absolute atomic E-state index is 0.287. The molecule has 3 aliphatic heterocycles. The number of aliphatic carboxylic acids is 1. The first kappa shape index (κ1) is 35.6. The number of halogens is 4. The van der Waals surface area contributed by atoms with Gasteiger partial charge in [0.25, 0.3) is 5.91 Å². The number of piperidine rings is 2. The molecule has 6 heterocycles. The topological polar surface area (TPSA) is 140 Å². The lowest BCUT2D eigenvalue weighted by molar-refractivity contribution is -0.192. The molecule has 8 rings (SSSR count). The highest BCUT2D eigenvalue weighted by Gasteiger charge is 2.40. The molecule has 4 aliphatic rings. The zero-order valence-electron chi connectivity index (χ0n) is 28.7. The molecule has 52 heavy (non-hydrogen) atoms. The number of carbonyl (C=O) groups excluding carboxylic acids is 1. The largest absolute Gasteiger partial charge is 0.490 e. The fourth-order valence-corrected chi connectivity index (χ4v) is 7.47. The van der Waals surface area contributed by atoms with Crippen molar-refractivity contribution in [1.29, 1.82) is 0 Å². The van der Waals surface area contributed by atoms with E-state index in [-0.39, 0.29) is 11.6 Å². The molecular weight excluding hydrogens is 682 g/mol. The molecule has 16 heteroatoms. The molecule has 2 atom stereocenters. The van der Waals surface area contributed by atoms with Crippen molar-refractivity contribution in [2.45, 2.75) is 63.5 Å². The number of hydrogen-bond acceptors (Lipinski definition) is 9. The van der Waals surface area contributed by atoms with Crippen molar-refractivity contribution in [3.63, 3.8) is 0 Å². The van der Waals surface area contributed by atoms with Crippen molar-refractivity contribution in [1.82, 2.24) is 35.1 Å². The van der Waals surface area contributed by atoms with Crippen molar-refractivity contribution in [3.8, 4) is 11.3 Å². The fourth-order valence-electron chi connectivity index (χ4n) is 7.47. The number of alkyl halides is 4. The summed E-state index contributed by atoms with van der Waals surface area (Å²) in [4.78, 5) is 36.0. The number of benzene rings is 1. The Labute approximate surface area is 297 Å². The second kappa shape index (κ2) is 14.3. The maximum atomic E-state index is 13.5. The monoisotopic (exact) mass is 723 g/mol. The van der Waals surface area contributed by atoms with E-state index in [4.69, 9.17) is 20.0 Å². The summed E-state index contributed by atoms with van der Waals surface area (Å²) in [6, 6.07) is 12.3. The van der Waals surface area contributed by atoms with Gasteiger partial charge in [0.1, 0.15) is 6.17 Å². The molecule has 1 aromatic carbocycles. The smallest absolute Gasteiger partial charge is 0.475 e. The number of amides is 1. The van der Waals surface area contributed by atoms with Crippen LogP contribution < -0.4 is 20.9 Å². The number of nitrogens with zero attached hydrogens (tertiary/aromatic N) is 6. The van der Waals surface area contributed by atoms with Gasteiger partial charge in [-0.3, -0.25) is 14.7 Å². The summed E-state index contributed by atoms with van der Waals surface area (Å²) in [5, 5.41) is 21.4. The van der Waals surface area contributed by atoms with E-state index in [1.54, 1.807) is 4.52 Å². The Morgan fingerprint density at radius 3 is 2.40 bits per heavy atom. The van der Waals surface area contributed by atoms with Gasteiger partial charge in [-0.05, 0) is 87.0 Å². The molecule has 276 valence electrons. The zero-order valence-corrected chi connectivity index (χ0v) is 28.7. The van der Waals surface area contributed by atoms with Gasteiger partial charge in [-0.2, -0.15) is 13.2 Å². The van der Waals surface area contributed by atoms with Crippen LogP contribution >= 0.6 is 0 Å². The van der Waals surface area contributed by atoms with E-state index in [0.29, 0.717) is 23.3 Å². The first-order valence-corrected chi connectivity index (χ1v) is 17.5. The molecule has 3 fully saturated rings. The molecule has 1 amide bonds. The standard InChI is InChI=1S/C34H40FN9O.C2HF3O2/c1-36-28-18-31(41-44-30(20-39-32(28)44)33(45)40-27-17-25(27)35)43-14-7-24-23(3-2-4-29(24)43)26-6-5-22(19-38-26)21-42-15-10-34(11-16-42)8-12-37-13-9-34;3-2(4,5)1(6)7/h2-6,18-20,25,27,36-37H,7-17,21H2,1H3,(H,40,45);(H,6,7)/t25-,27+;/m0./s1. The van der Waals surface area contributed by atoms with E-state index in [9.17, 15) is 22.4 Å². The number of imidazole rings is 1. The van der Waals surface area contributed by atoms with Crippen molar-refractivity contribution >= 4 is 34.7 Å². The third kappa shape index (κ3) is 7.39. The lowest BCUT2D eigenvalue weighted by Gasteiger charge is -2.44. The zero-order chi connectivity index (χ0) is 36.6. The Bertz CT molecular complexity index is 1940. The van der Waals surface area contributed by atoms with Crippen LogP contribution in [0, 0.1) is 5.41 Å². The van der Waals surface area contributed by atoms with Crippen LogP contribution in [-0.4, -0.2) is 99.6 Å². The molecule has 4 aromatic rings. The van der Waals surface area contributed by atoms with Crippen LogP contribution in [0.2, 0.25) is 0 Å². The molecule has 12 nitrogen and oxygen atoms in total. The van der Waals surface area contributed by atoms with E-state index < -0.39 is 24.4 Å². The van der Waals surface area contributed by atoms with Crippen molar-refractivity contribution < 1.29 is 32.3 Å². The average molecular weight is 724 g/mol. The van der Waals surface area contributed by atoms with Crippen molar-refractivity contribution in [3.05, 3.63) is 65.6 Å². The van der Waals surface area contributed by atoms with Gasteiger partial charge in [0.15, 0.2) is 17.2 Å². The molecular formula is C36H41F4N9O3. The maximum Gasteiger partial charge on any atom is 0.490 e. The Morgan fingerprint density at radius 2 is 1.77 bits per heavy atom. The Hall–Kier alpha value is -4.83. The highest BCUT2D eigenvalue weighted by Crippen LogP contribution is 2.41. The molecule has 0 unspecified atom stereocenters. The first-order chi connectivity index (χ1) is 24.9. The van der Waals surface area contributed by atoms with E-state index in [1.807, 2.05) is 19.3 Å². The molecule has 4 N–H and O–H groups in total. The molecule has 0 bridgehead atoms. The van der Waals surface area contributed by atoms with Gasteiger partial charge in [-0.25, -0.2) is 18.7 Å². The van der Waals surface area contributed by atoms with Crippen LogP contribution in [0.1, 0.15) is 53.7 Å². The quantitative estimate of drug-likeness (QED) is 0.194.